The summed E-state index contributed by atoms with van der Waals surface area (Å²) in [6.45, 7) is 8.29. The molecule has 11 heavy (non-hydrogen) atoms. The summed E-state index contributed by atoms with van der Waals surface area (Å²) in [7, 11) is 0. The highest BCUT2D eigenvalue weighted by Crippen LogP contribution is 2.30. The van der Waals surface area contributed by atoms with E-state index in [4.69, 9.17) is 0 Å². The van der Waals surface area contributed by atoms with Gasteiger partial charge in [-0.1, -0.05) is 17.2 Å². The van der Waals surface area contributed by atoms with Crippen molar-refractivity contribution in [2.24, 2.45) is 5.92 Å². The van der Waals surface area contributed by atoms with Crippen molar-refractivity contribution in [2.75, 3.05) is 0 Å². The molecule has 1 rings (SSSR count). The standard InChI is InChI=1S/C11H18/c1-4-10-5-7-11(8-6-10)9(2)3/h4,10H,1,5-8H2,2-3H3. The second kappa shape index (κ2) is 3.75. The lowest BCUT2D eigenvalue weighted by Crippen LogP contribution is -2.05. The predicted octanol–water partition coefficient (Wildman–Crippen LogP) is 3.70. The SMILES string of the molecule is C=CC1CCC(=C(C)C)CC1. The summed E-state index contributed by atoms with van der Waals surface area (Å²) >= 11 is 0. The van der Waals surface area contributed by atoms with E-state index in [1.807, 2.05) is 0 Å². The first kappa shape index (κ1) is 8.58. The molecule has 0 N–H and O–H groups in total. The van der Waals surface area contributed by atoms with E-state index >= 15 is 0 Å². The first-order valence-electron chi connectivity index (χ1n) is 4.52. The van der Waals surface area contributed by atoms with Gasteiger partial charge in [0.2, 0.25) is 0 Å². The van der Waals surface area contributed by atoms with Crippen LogP contribution in [0.2, 0.25) is 0 Å². The van der Waals surface area contributed by atoms with E-state index in [1.165, 1.54) is 31.3 Å². The molecule has 0 radical (unpaired) electrons. The largest absolute Gasteiger partial charge is 0.103 e. The fourth-order valence-corrected chi connectivity index (χ4v) is 1.72. The average molecular weight is 150 g/mol. The minimum atomic E-state index is 0.790. The van der Waals surface area contributed by atoms with E-state index in [0.29, 0.717) is 0 Å². The minimum Gasteiger partial charge on any atom is -0.103 e. The smallest absolute Gasteiger partial charge is 0.0230 e. The third-order valence-electron chi connectivity index (χ3n) is 2.67. The molecule has 0 aromatic rings. The van der Waals surface area contributed by atoms with E-state index in [2.05, 4.69) is 26.5 Å². The average Bonchev–Trinajstić information content (AvgIpc) is 2.05. The Hall–Kier alpha value is -0.520. The van der Waals surface area contributed by atoms with Gasteiger partial charge in [0.05, 0.1) is 0 Å². The second-order valence-electron chi connectivity index (χ2n) is 3.68. The molecule has 0 nitrogen and oxygen atoms in total. The van der Waals surface area contributed by atoms with E-state index in [0.717, 1.165) is 5.92 Å². The van der Waals surface area contributed by atoms with Crippen LogP contribution in [0.1, 0.15) is 39.5 Å². The highest BCUT2D eigenvalue weighted by atomic mass is 14.2. The lowest BCUT2D eigenvalue weighted by Gasteiger charge is -2.21. The fraction of sp³-hybridized carbons (Fsp3) is 0.636. The van der Waals surface area contributed by atoms with Crippen molar-refractivity contribution in [1.29, 1.82) is 0 Å². The Balaban J connectivity index is 2.48. The van der Waals surface area contributed by atoms with Gasteiger partial charge in [-0.15, -0.1) is 6.58 Å². The second-order valence-corrected chi connectivity index (χ2v) is 3.68. The highest BCUT2D eigenvalue weighted by molar-refractivity contribution is 5.12. The zero-order valence-electron chi connectivity index (χ0n) is 7.69. The molecule has 1 aliphatic carbocycles. The van der Waals surface area contributed by atoms with Gasteiger partial charge in [-0.25, -0.2) is 0 Å². The van der Waals surface area contributed by atoms with Crippen molar-refractivity contribution in [1.82, 2.24) is 0 Å². The number of rotatable bonds is 1. The number of hydrogen-bond acceptors (Lipinski definition) is 0. The predicted molar refractivity (Wildman–Crippen MR) is 50.5 cm³/mol. The van der Waals surface area contributed by atoms with Crippen LogP contribution in [0, 0.1) is 5.92 Å². The van der Waals surface area contributed by atoms with E-state index < -0.39 is 0 Å². The van der Waals surface area contributed by atoms with Gasteiger partial charge in [-0.3, -0.25) is 0 Å². The first-order chi connectivity index (χ1) is 5.24. The van der Waals surface area contributed by atoms with E-state index in [-0.39, 0.29) is 0 Å². The highest BCUT2D eigenvalue weighted by Gasteiger charge is 2.13. The summed E-state index contributed by atoms with van der Waals surface area (Å²) in [6, 6.07) is 0. The van der Waals surface area contributed by atoms with Crippen LogP contribution in [0.15, 0.2) is 23.8 Å². The molecule has 1 aliphatic rings. The molecule has 1 saturated carbocycles. The Morgan fingerprint density at radius 3 is 2.27 bits per heavy atom. The quantitative estimate of drug-likeness (QED) is 0.500. The summed E-state index contributed by atoms with van der Waals surface area (Å²) < 4.78 is 0. The Labute approximate surface area is 70.0 Å². The van der Waals surface area contributed by atoms with Crippen LogP contribution in [0.25, 0.3) is 0 Å². The molecular formula is C11H18. The molecule has 0 bridgehead atoms. The normalized spacial score (nSPS) is 24.9. The number of hydrogen-bond donors (Lipinski definition) is 0. The zero-order chi connectivity index (χ0) is 8.27. The lowest BCUT2D eigenvalue weighted by atomic mass is 9.84. The monoisotopic (exact) mass is 150 g/mol. The molecule has 0 spiro atoms. The molecule has 1 fully saturated rings. The van der Waals surface area contributed by atoms with Crippen molar-refractivity contribution < 1.29 is 0 Å². The maximum atomic E-state index is 3.84. The lowest BCUT2D eigenvalue weighted by molar-refractivity contribution is 0.485. The molecule has 0 unspecified atom stereocenters. The minimum absolute atomic E-state index is 0.790. The van der Waals surface area contributed by atoms with Gasteiger partial charge in [0.15, 0.2) is 0 Å². The summed E-state index contributed by atoms with van der Waals surface area (Å²) in [4.78, 5) is 0. The van der Waals surface area contributed by atoms with Crippen molar-refractivity contribution >= 4 is 0 Å². The zero-order valence-corrected chi connectivity index (χ0v) is 7.69. The maximum absolute atomic E-state index is 3.84. The third kappa shape index (κ3) is 2.21. The molecule has 0 aliphatic heterocycles. The summed E-state index contributed by atoms with van der Waals surface area (Å²) in [5.41, 5.74) is 3.22. The Morgan fingerprint density at radius 1 is 1.36 bits per heavy atom. The van der Waals surface area contributed by atoms with Gasteiger partial charge in [-0.2, -0.15) is 0 Å². The van der Waals surface area contributed by atoms with Gasteiger partial charge in [0.1, 0.15) is 0 Å². The topological polar surface area (TPSA) is 0 Å². The van der Waals surface area contributed by atoms with E-state index in [9.17, 15) is 0 Å². The molecule has 0 saturated heterocycles. The molecular weight excluding hydrogens is 132 g/mol. The molecule has 0 amide bonds. The summed E-state index contributed by atoms with van der Waals surface area (Å²) in [5.74, 6) is 0.790. The van der Waals surface area contributed by atoms with Crippen LogP contribution < -0.4 is 0 Å². The van der Waals surface area contributed by atoms with Gasteiger partial charge < -0.3 is 0 Å². The van der Waals surface area contributed by atoms with Crippen LogP contribution >= 0.6 is 0 Å². The Bertz CT molecular complexity index is 160. The molecule has 0 heterocycles. The van der Waals surface area contributed by atoms with Crippen molar-refractivity contribution in [3.8, 4) is 0 Å². The Morgan fingerprint density at radius 2 is 1.91 bits per heavy atom. The maximum Gasteiger partial charge on any atom is -0.0230 e. The van der Waals surface area contributed by atoms with Crippen molar-refractivity contribution in [3.63, 3.8) is 0 Å². The van der Waals surface area contributed by atoms with E-state index in [1.54, 1.807) is 5.57 Å². The summed E-state index contributed by atoms with van der Waals surface area (Å²) in [5, 5.41) is 0. The molecule has 0 heteroatoms. The van der Waals surface area contributed by atoms with Gasteiger partial charge in [0, 0.05) is 0 Å². The van der Waals surface area contributed by atoms with Crippen molar-refractivity contribution in [2.45, 2.75) is 39.5 Å². The Kier molecular flexibility index (Phi) is 2.92. The van der Waals surface area contributed by atoms with Crippen LogP contribution in [-0.2, 0) is 0 Å². The first-order valence-corrected chi connectivity index (χ1v) is 4.52. The molecule has 0 atom stereocenters. The molecule has 0 aromatic heterocycles. The van der Waals surface area contributed by atoms with Crippen molar-refractivity contribution in [3.05, 3.63) is 23.8 Å². The van der Waals surface area contributed by atoms with Crippen LogP contribution in [-0.4, -0.2) is 0 Å². The van der Waals surface area contributed by atoms with Gasteiger partial charge in [0.25, 0.3) is 0 Å². The van der Waals surface area contributed by atoms with Gasteiger partial charge >= 0.3 is 0 Å². The molecule has 62 valence electrons. The van der Waals surface area contributed by atoms with Gasteiger partial charge in [-0.05, 0) is 45.4 Å². The van der Waals surface area contributed by atoms with Crippen LogP contribution in [0.5, 0.6) is 0 Å². The molecule has 0 aromatic carbocycles. The van der Waals surface area contributed by atoms with Crippen LogP contribution in [0.4, 0.5) is 0 Å². The third-order valence-corrected chi connectivity index (χ3v) is 2.67. The van der Waals surface area contributed by atoms with Crippen LogP contribution in [0.3, 0.4) is 0 Å². The number of allylic oxidation sites excluding steroid dienone is 3. The fourth-order valence-electron chi connectivity index (χ4n) is 1.72. The summed E-state index contributed by atoms with van der Waals surface area (Å²) in [6.07, 6.45) is 7.37.